The summed E-state index contributed by atoms with van der Waals surface area (Å²) >= 11 is 0. The van der Waals surface area contributed by atoms with E-state index in [1.54, 1.807) is 5.48 Å². The van der Waals surface area contributed by atoms with Crippen LogP contribution in [0.2, 0.25) is 0 Å². The minimum absolute atomic E-state index is 0.0225. The quantitative estimate of drug-likeness (QED) is 0.0113. The van der Waals surface area contributed by atoms with Gasteiger partial charge in [-0.2, -0.15) is 18.3 Å². The number of likely N-dealkylation sites (N-methyl/N-ethyl adjacent to an activating group) is 1. The first kappa shape index (κ1) is 53.5. The van der Waals surface area contributed by atoms with Gasteiger partial charge in [0.05, 0.1) is 21.1 Å². The van der Waals surface area contributed by atoms with Crippen LogP contribution in [0.5, 0.6) is 0 Å². The molecular formula is C45H64F3N10O7+. The number of rotatable bonds is 29. The monoisotopic (exact) mass is 913 g/mol. The topological polar surface area (TPSA) is 242 Å². The third-order valence-corrected chi connectivity index (χ3v) is 10.6. The minimum Gasteiger partial charge on any atom is -0.354 e. The number of unbranched alkanes of at least 4 members (excludes halogenated alkanes) is 5. The Morgan fingerprint density at radius 3 is 2.06 bits per heavy atom. The van der Waals surface area contributed by atoms with Crippen molar-refractivity contribution in [1.29, 1.82) is 0 Å². The van der Waals surface area contributed by atoms with Crippen molar-refractivity contribution in [2.24, 2.45) is 5.10 Å². The molecule has 0 unspecified atom stereocenters. The van der Waals surface area contributed by atoms with Gasteiger partial charge in [0.1, 0.15) is 6.54 Å². The van der Waals surface area contributed by atoms with Crippen LogP contribution in [0.15, 0.2) is 53.6 Å². The molecule has 2 aromatic rings. The predicted octanol–water partition coefficient (Wildman–Crippen LogP) is 3.75. The largest absolute Gasteiger partial charge is 0.426 e. The van der Waals surface area contributed by atoms with Crippen molar-refractivity contribution in [2.75, 3.05) is 52.6 Å². The molecule has 20 heteroatoms. The Morgan fingerprint density at radius 1 is 0.815 bits per heavy atom. The Bertz CT molecular complexity index is 1950. The number of hydrazone groups is 1. The first-order chi connectivity index (χ1) is 30.9. The summed E-state index contributed by atoms with van der Waals surface area (Å²) in [5, 5.41) is 25.1. The number of nitrogens with zero attached hydrogens (tertiary/aromatic N) is 3. The fourth-order valence-corrected chi connectivity index (χ4v) is 6.73. The highest BCUT2D eigenvalue weighted by molar-refractivity contribution is 5.94. The van der Waals surface area contributed by atoms with E-state index >= 15 is 0 Å². The van der Waals surface area contributed by atoms with Crippen molar-refractivity contribution in [3.8, 4) is 12.3 Å². The summed E-state index contributed by atoms with van der Waals surface area (Å²) in [6.45, 7) is 0.562. The average molecular weight is 914 g/mol. The molecule has 2 aromatic carbocycles. The van der Waals surface area contributed by atoms with Crippen molar-refractivity contribution in [3.05, 3.63) is 65.2 Å². The standard InChI is InChI=1S/C45H63F3N10O7/c1-5-6-18-41(62)57(52-30-14-29-50-42(63)34-21-23-35(24-22-34)44(55-56-44)45(46,47)48)32-40(61)49-28-13-9-10-15-37(58(2,3)4)43(64)51-31-27-33-19-25-36(26-20-33)53-38(59)16-11-7-8-12-17-39(60)54-65/h1,19-26,30,37,55-56H,6-18,27-29,31-32H2,2-4H3,(H5-,49,50,51,53,54,59,60,61,63,64,65)/p+1/b52-30+/t37-/m1/s1. The normalized spacial score (nSPS) is 13.6. The van der Waals surface area contributed by atoms with Gasteiger partial charge in [0.15, 0.2) is 6.04 Å². The second-order valence-electron chi connectivity index (χ2n) is 16.6. The lowest BCUT2D eigenvalue weighted by atomic mass is 10.0. The number of terminal acetylenes is 1. The highest BCUT2D eigenvalue weighted by Crippen LogP contribution is 2.42. The summed E-state index contributed by atoms with van der Waals surface area (Å²) in [5.74, 6) is 0.447. The molecule has 65 heavy (non-hydrogen) atoms. The summed E-state index contributed by atoms with van der Waals surface area (Å²) in [5.41, 5.74) is 5.28. The van der Waals surface area contributed by atoms with Gasteiger partial charge in [-0.25, -0.2) is 21.3 Å². The van der Waals surface area contributed by atoms with Crippen molar-refractivity contribution in [2.45, 2.75) is 108 Å². The molecule has 0 saturated carbocycles. The Balaban J connectivity index is 1.34. The summed E-state index contributed by atoms with van der Waals surface area (Å²) in [4.78, 5) is 74.7. The molecule has 0 bridgehead atoms. The summed E-state index contributed by atoms with van der Waals surface area (Å²) in [6, 6.07) is 12.2. The van der Waals surface area contributed by atoms with Crippen LogP contribution in [0.25, 0.3) is 0 Å². The van der Waals surface area contributed by atoms with Gasteiger partial charge in [0, 0.05) is 75.6 Å². The molecule has 1 aliphatic rings. The van der Waals surface area contributed by atoms with E-state index < -0.39 is 35.5 Å². The number of carbonyl (C=O) groups excluding carboxylic acids is 6. The Morgan fingerprint density at radius 2 is 1.46 bits per heavy atom. The number of nitrogens with one attached hydrogen (secondary N) is 7. The number of hydrazine groups is 1. The van der Waals surface area contributed by atoms with E-state index in [1.165, 1.54) is 30.5 Å². The molecule has 1 fully saturated rings. The molecule has 1 heterocycles. The molecule has 17 nitrogen and oxygen atoms in total. The molecule has 0 aromatic heterocycles. The highest BCUT2D eigenvalue weighted by Gasteiger charge is 2.65. The lowest BCUT2D eigenvalue weighted by Crippen LogP contribution is -2.54. The second-order valence-corrected chi connectivity index (χ2v) is 16.6. The summed E-state index contributed by atoms with van der Waals surface area (Å²) < 4.78 is 40.4. The average Bonchev–Trinajstić information content (AvgIpc) is 4.09. The van der Waals surface area contributed by atoms with Gasteiger partial charge >= 0.3 is 6.18 Å². The van der Waals surface area contributed by atoms with Gasteiger partial charge < -0.3 is 25.8 Å². The van der Waals surface area contributed by atoms with E-state index in [-0.39, 0.29) is 67.8 Å². The number of hydrogen-bond acceptors (Lipinski definition) is 10. The Hall–Kier alpha value is -5.88. The number of alkyl halides is 3. The van der Waals surface area contributed by atoms with Gasteiger partial charge in [-0.05, 0) is 67.5 Å². The first-order valence-corrected chi connectivity index (χ1v) is 21.8. The third kappa shape index (κ3) is 19.0. The Kier molecular flexibility index (Phi) is 22.0. The molecule has 6 amide bonds. The fourth-order valence-electron chi connectivity index (χ4n) is 6.73. The molecule has 3 rings (SSSR count). The number of anilines is 1. The molecule has 1 aliphatic heterocycles. The van der Waals surface area contributed by atoms with Crippen molar-refractivity contribution in [1.82, 2.24) is 37.3 Å². The number of hydrogen-bond donors (Lipinski definition) is 8. The van der Waals surface area contributed by atoms with Gasteiger partial charge in [-0.15, -0.1) is 12.3 Å². The third-order valence-electron chi connectivity index (χ3n) is 10.6. The van der Waals surface area contributed by atoms with E-state index in [2.05, 4.69) is 43.1 Å². The lowest BCUT2D eigenvalue weighted by molar-refractivity contribution is -0.886. The highest BCUT2D eigenvalue weighted by atomic mass is 19.4. The Labute approximate surface area is 378 Å². The number of benzene rings is 2. The van der Waals surface area contributed by atoms with Crippen LogP contribution in [0.3, 0.4) is 0 Å². The van der Waals surface area contributed by atoms with Crippen LogP contribution in [0.1, 0.15) is 105 Å². The lowest BCUT2D eigenvalue weighted by Gasteiger charge is -2.33. The van der Waals surface area contributed by atoms with Crippen LogP contribution in [0, 0.1) is 12.3 Å². The van der Waals surface area contributed by atoms with Crippen molar-refractivity contribution < 1.29 is 51.6 Å². The van der Waals surface area contributed by atoms with E-state index in [0.717, 1.165) is 36.3 Å². The van der Waals surface area contributed by atoms with Gasteiger partial charge in [-0.3, -0.25) is 34.0 Å². The maximum absolute atomic E-state index is 13.3. The molecule has 356 valence electrons. The van der Waals surface area contributed by atoms with Gasteiger partial charge in [-0.1, -0.05) is 43.5 Å². The number of halogens is 3. The van der Waals surface area contributed by atoms with E-state index in [9.17, 15) is 41.9 Å². The van der Waals surface area contributed by atoms with E-state index in [1.807, 2.05) is 45.4 Å². The SMILES string of the molecule is C#CCCC(=O)N(CC(=O)NCCCCC[C@H](C(=O)NCCc1ccc(NC(=O)CCCCCCC(=O)NO)cc1)[N+](C)(C)C)/N=C/CCNC(=O)c1ccc(C2(C(F)(F)F)NN2)cc1. The van der Waals surface area contributed by atoms with Crippen molar-refractivity contribution >= 4 is 47.3 Å². The zero-order valence-electron chi connectivity index (χ0n) is 37.5. The molecule has 0 radical (unpaired) electrons. The van der Waals surface area contributed by atoms with Gasteiger partial charge in [0.2, 0.25) is 29.3 Å². The smallest absolute Gasteiger partial charge is 0.354 e. The molecule has 8 N–H and O–H groups in total. The van der Waals surface area contributed by atoms with Gasteiger partial charge in [0.25, 0.3) is 11.8 Å². The van der Waals surface area contributed by atoms with Crippen LogP contribution in [-0.2, 0) is 36.1 Å². The van der Waals surface area contributed by atoms with Crippen LogP contribution < -0.4 is 37.6 Å². The predicted molar refractivity (Wildman–Crippen MR) is 238 cm³/mol. The zero-order valence-corrected chi connectivity index (χ0v) is 37.5. The van der Waals surface area contributed by atoms with E-state index in [0.29, 0.717) is 61.8 Å². The van der Waals surface area contributed by atoms with Crippen LogP contribution >= 0.6 is 0 Å². The summed E-state index contributed by atoms with van der Waals surface area (Å²) in [6.07, 6.45) is 9.42. The molecule has 1 atom stereocenters. The maximum Gasteiger partial charge on any atom is 0.426 e. The number of hydroxylamine groups is 1. The van der Waals surface area contributed by atoms with Crippen molar-refractivity contribution in [3.63, 3.8) is 0 Å². The van der Waals surface area contributed by atoms with E-state index in [4.69, 9.17) is 11.6 Å². The fraction of sp³-hybridized carbons (Fsp3) is 0.533. The molecule has 1 saturated heterocycles. The maximum atomic E-state index is 13.3. The zero-order chi connectivity index (χ0) is 47.9. The number of amides is 6. The second kappa shape index (κ2) is 26.8. The summed E-state index contributed by atoms with van der Waals surface area (Å²) in [7, 11) is 5.91. The minimum atomic E-state index is -4.56. The molecule has 0 spiro atoms. The van der Waals surface area contributed by atoms with Crippen LogP contribution in [-0.4, -0.2) is 116 Å². The number of quaternary nitrogens is 1. The molecular weight excluding hydrogens is 850 g/mol. The first-order valence-electron chi connectivity index (χ1n) is 21.8. The number of carbonyl (C=O) groups is 6. The van der Waals surface area contributed by atoms with Crippen LogP contribution in [0.4, 0.5) is 18.9 Å². The molecule has 0 aliphatic carbocycles.